The maximum absolute atomic E-state index is 10.4. The molecule has 0 fully saturated rings. The third-order valence-corrected chi connectivity index (χ3v) is 4.87. The smallest absolute Gasteiger partial charge is 0.316 e. The van der Waals surface area contributed by atoms with E-state index in [2.05, 4.69) is 32.3 Å². The van der Waals surface area contributed by atoms with Crippen molar-refractivity contribution in [3.63, 3.8) is 0 Å². The van der Waals surface area contributed by atoms with Gasteiger partial charge in [-0.15, -0.1) is 12.3 Å². The van der Waals surface area contributed by atoms with Crippen molar-refractivity contribution in [1.29, 1.82) is 0 Å². The summed E-state index contributed by atoms with van der Waals surface area (Å²) in [6.45, 7) is 7.83. The Morgan fingerprint density at radius 3 is 2.55 bits per heavy atom. The first-order valence-corrected chi connectivity index (χ1v) is 7.23. The zero-order valence-corrected chi connectivity index (χ0v) is 8.77. The Balaban J connectivity index is 4.03. The third kappa shape index (κ3) is 4.26. The molecule has 0 rings (SSSR count). The van der Waals surface area contributed by atoms with Crippen LogP contribution in [0, 0.1) is 0 Å². The summed E-state index contributed by atoms with van der Waals surface area (Å²) >= 11 is 3.96. The molecule has 1 atom stereocenters. The summed E-state index contributed by atoms with van der Waals surface area (Å²) in [7, 11) is -1.50. The quantitative estimate of drug-likeness (QED) is 0.524. The van der Waals surface area contributed by atoms with Gasteiger partial charge >= 0.3 is 5.97 Å². The van der Waals surface area contributed by atoms with Gasteiger partial charge in [-0.2, -0.15) is 12.6 Å². The fourth-order valence-corrected chi connectivity index (χ4v) is 3.42. The molecule has 64 valence electrons. The minimum Gasteiger partial charge on any atom is -0.480 e. The number of thiol groups is 1. The van der Waals surface area contributed by atoms with Crippen molar-refractivity contribution in [3.05, 3.63) is 12.3 Å². The molecule has 1 unspecified atom stereocenters. The van der Waals surface area contributed by atoms with Crippen LogP contribution >= 0.6 is 12.6 Å². The summed E-state index contributed by atoms with van der Waals surface area (Å²) in [6, 6.07) is 0.648. The first kappa shape index (κ1) is 10.8. The van der Waals surface area contributed by atoms with Gasteiger partial charge in [-0.3, -0.25) is 4.79 Å². The van der Waals surface area contributed by atoms with Crippen LogP contribution in [0.5, 0.6) is 0 Å². The van der Waals surface area contributed by atoms with Crippen molar-refractivity contribution in [2.75, 3.05) is 0 Å². The molecule has 4 heteroatoms. The standard InChI is InChI=1S/C7H14O2SSi/c1-4-11(2,3)5-6(10)7(8)9/h4,6,10H,1,5H2,2-3H3,(H,8,9). The minimum absolute atomic E-state index is 0.533. The molecular formula is C7H14O2SSi. The minimum atomic E-state index is -1.50. The number of hydrogen-bond donors (Lipinski definition) is 2. The summed E-state index contributed by atoms with van der Waals surface area (Å²) in [6.07, 6.45) is 0. The number of carboxylic acids is 1. The maximum atomic E-state index is 10.4. The van der Waals surface area contributed by atoms with E-state index in [1.54, 1.807) is 0 Å². The SMILES string of the molecule is C=C[Si](C)(C)CC(S)C(=O)O. The summed E-state index contributed by atoms with van der Waals surface area (Å²) in [5.41, 5.74) is 1.89. The average molecular weight is 190 g/mol. The van der Waals surface area contributed by atoms with Crippen molar-refractivity contribution in [2.45, 2.75) is 24.4 Å². The van der Waals surface area contributed by atoms with Gasteiger partial charge in [0.2, 0.25) is 0 Å². The molecule has 0 aliphatic carbocycles. The van der Waals surface area contributed by atoms with E-state index in [1.165, 1.54) is 0 Å². The van der Waals surface area contributed by atoms with Crippen LogP contribution in [0.1, 0.15) is 0 Å². The predicted molar refractivity (Wildman–Crippen MR) is 52.9 cm³/mol. The van der Waals surface area contributed by atoms with E-state index in [0.717, 1.165) is 0 Å². The molecule has 0 aliphatic heterocycles. The van der Waals surface area contributed by atoms with E-state index in [9.17, 15) is 4.79 Å². The van der Waals surface area contributed by atoms with Gasteiger partial charge < -0.3 is 5.11 Å². The summed E-state index contributed by atoms with van der Waals surface area (Å²) in [5.74, 6) is -0.837. The molecule has 0 bridgehead atoms. The number of aliphatic carboxylic acids is 1. The van der Waals surface area contributed by atoms with Gasteiger partial charge in [-0.1, -0.05) is 13.1 Å². The van der Waals surface area contributed by atoms with Gasteiger partial charge in [-0.05, 0) is 6.04 Å². The van der Waals surface area contributed by atoms with E-state index >= 15 is 0 Å². The molecule has 0 spiro atoms. The first-order valence-electron chi connectivity index (χ1n) is 3.43. The Morgan fingerprint density at radius 2 is 2.27 bits per heavy atom. The van der Waals surface area contributed by atoms with Crippen LogP contribution < -0.4 is 0 Å². The van der Waals surface area contributed by atoms with Gasteiger partial charge in [0.15, 0.2) is 0 Å². The van der Waals surface area contributed by atoms with Gasteiger partial charge in [0.1, 0.15) is 0 Å². The molecule has 0 saturated carbocycles. The Hall–Kier alpha value is -0.223. The second kappa shape index (κ2) is 3.97. The highest BCUT2D eigenvalue weighted by Crippen LogP contribution is 2.16. The largest absolute Gasteiger partial charge is 0.480 e. The molecule has 11 heavy (non-hydrogen) atoms. The Morgan fingerprint density at radius 1 is 1.82 bits per heavy atom. The second-order valence-corrected chi connectivity index (χ2v) is 8.67. The van der Waals surface area contributed by atoms with E-state index in [-0.39, 0.29) is 0 Å². The lowest BCUT2D eigenvalue weighted by Crippen LogP contribution is -2.29. The molecule has 0 aromatic heterocycles. The van der Waals surface area contributed by atoms with Gasteiger partial charge in [0.05, 0.1) is 13.3 Å². The predicted octanol–water partition coefficient (Wildman–Crippen LogP) is 1.80. The van der Waals surface area contributed by atoms with Crippen LogP contribution in [-0.4, -0.2) is 24.4 Å². The lowest BCUT2D eigenvalue weighted by Gasteiger charge is -2.18. The highest BCUT2D eigenvalue weighted by Gasteiger charge is 2.23. The molecule has 1 N–H and O–H groups in total. The van der Waals surface area contributed by atoms with Crippen LogP contribution in [0.2, 0.25) is 19.1 Å². The van der Waals surface area contributed by atoms with Gasteiger partial charge in [0.25, 0.3) is 0 Å². The highest BCUT2D eigenvalue weighted by atomic mass is 32.1. The Labute approximate surface area is 73.7 Å². The average Bonchev–Trinajstić information content (AvgIpc) is 1.87. The van der Waals surface area contributed by atoms with Crippen molar-refractivity contribution >= 4 is 26.7 Å². The monoisotopic (exact) mass is 190 g/mol. The molecule has 0 aromatic carbocycles. The van der Waals surface area contributed by atoms with Crippen LogP contribution in [0.15, 0.2) is 12.3 Å². The van der Waals surface area contributed by atoms with Gasteiger partial charge in [0, 0.05) is 0 Å². The molecule has 0 aromatic rings. The molecule has 0 radical (unpaired) electrons. The summed E-state index contributed by atoms with van der Waals surface area (Å²) in [4.78, 5) is 10.4. The molecule has 0 amide bonds. The molecular weight excluding hydrogens is 176 g/mol. The van der Waals surface area contributed by atoms with Crippen molar-refractivity contribution in [2.24, 2.45) is 0 Å². The Kier molecular flexibility index (Phi) is 3.89. The van der Waals surface area contributed by atoms with Crippen LogP contribution in [0.3, 0.4) is 0 Å². The number of carbonyl (C=O) groups is 1. The van der Waals surface area contributed by atoms with Gasteiger partial charge in [-0.25, -0.2) is 0 Å². The zero-order valence-electron chi connectivity index (χ0n) is 6.87. The second-order valence-electron chi connectivity index (χ2n) is 3.25. The molecule has 0 heterocycles. The van der Waals surface area contributed by atoms with Crippen molar-refractivity contribution in [3.8, 4) is 0 Å². The number of rotatable bonds is 4. The van der Waals surface area contributed by atoms with Crippen LogP contribution in [0.4, 0.5) is 0 Å². The van der Waals surface area contributed by atoms with E-state index in [4.69, 9.17) is 5.11 Å². The molecule has 0 aliphatic rings. The van der Waals surface area contributed by atoms with E-state index < -0.39 is 19.3 Å². The van der Waals surface area contributed by atoms with E-state index in [0.29, 0.717) is 6.04 Å². The first-order chi connectivity index (χ1) is 4.89. The number of hydrogen-bond acceptors (Lipinski definition) is 2. The fourth-order valence-electron chi connectivity index (χ4n) is 0.669. The van der Waals surface area contributed by atoms with Crippen LogP contribution in [-0.2, 0) is 4.79 Å². The van der Waals surface area contributed by atoms with Crippen LogP contribution in [0.25, 0.3) is 0 Å². The summed E-state index contributed by atoms with van der Waals surface area (Å²) < 4.78 is 0. The fraction of sp³-hybridized carbons (Fsp3) is 0.571. The molecule has 0 saturated heterocycles. The lowest BCUT2D eigenvalue weighted by atomic mass is 10.5. The highest BCUT2D eigenvalue weighted by molar-refractivity contribution is 7.82. The van der Waals surface area contributed by atoms with E-state index in [1.807, 2.05) is 5.70 Å². The molecule has 2 nitrogen and oxygen atoms in total. The maximum Gasteiger partial charge on any atom is 0.316 e. The topological polar surface area (TPSA) is 37.3 Å². The van der Waals surface area contributed by atoms with Crippen molar-refractivity contribution < 1.29 is 9.90 Å². The lowest BCUT2D eigenvalue weighted by molar-refractivity contribution is -0.136. The number of carboxylic acid groups (broad SMARTS) is 1. The third-order valence-electron chi connectivity index (χ3n) is 1.56. The van der Waals surface area contributed by atoms with Crippen molar-refractivity contribution in [1.82, 2.24) is 0 Å². The normalized spacial score (nSPS) is 14.1. The summed E-state index contributed by atoms with van der Waals surface area (Å²) in [5, 5.41) is 8.02. The Bertz CT molecular complexity index is 168. The zero-order chi connectivity index (χ0) is 9.07.